The van der Waals surface area contributed by atoms with Crippen molar-refractivity contribution in [3.63, 3.8) is 0 Å². The number of halogens is 1. The van der Waals surface area contributed by atoms with Gasteiger partial charge in [-0.25, -0.2) is 9.37 Å². The van der Waals surface area contributed by atoms with Gasteiger partial charge in [0.15, 0.2) is 5.13 Å². The van der Waals surface area contributed by atoms with Crippen LogP contribution in [-0.2, 0) is 11.2 Å². The van der Waals surface area contributed by atoms with Gasteiger partial charge in [0.05, 0.1) is 16.6 Å². The van der Waals surface area contributed by atoms with Crippen LogP contribution in [0.3, 0.4) is 0 Å². The SMILES string of the molecule is O=C(Cc1ccc(-n2cccc2)cc1)Nc1nc2ccc(F)cc2s1. The third-order valence-electron chi connectivity index (χ3n) is 3.80. The molecule has 0 unspecified atom stereocenters. The van der Waals surface area contributed by atoms with E-state index in [2.05, 4.69) is 10.3 Å². The molecule has 2 heterocycles. The molecule has 0 saturated carbocycles. The number of hydrogen-bond donors (Lipinski definition) is 1. The van der Waals surface area contributed by atoms with Crippen LogP contribution < -0.4 is 5.32 Å². The summed E-state index contributed by atoms with van der Waals surface area (Å²) in [4.78, 5) is 16.5. The molecule has 124 valence electrons. The maximum Gasteiger partial charge on any atom is 0.230 e. The van der Waals surface area contributed by atoms with Crippen molar-refractivity contribution >= 4 is 32.6 Å². The van der Waals surface area contributed by atoms with Crippen molar-refractivity contribution in [3.05, 3.63) is 78.4 Å². The maximum atomic E-state index is 13.2. The standard InChI is InChI=1S/C19H14FN3OS/c20-14-5-8-16-17(12-14)25-19(21-16)22-18(24)11-13-3-6-15(7-4-13)23-9-1-2-10-23/h1-10,12H,11H2,(H,21,22,24). The number of hydrogen-bond acceptors (Lipinski definition) is 3. The minimum absolute atomic E-state index is 0.145. The lowest BCUT2D eigenvalue weighted by Gasteiger charge is -2.05. The highest BCUT2D eigenvalue weighted by Gasteiger charge is 2.09. The largest absolute Gasteiger partial charge is 0.324 e. The number of nitrogens with one attached hydrogen (secondary N) is 1. The Bertz CT molecular complexity index is 1020. The van der Waals surface area contributed by atoms with Gasteiger partial charge in [-0.15, -0.1) is 0 Å². The van der Waals surface area contributed by atoms with Crippen molar-refractivity contribution in [2.24, 2.45) is 0 Å². The molecular weight excluding hydrogens is 337 g/mol. The number of nitrogens with zero attached hydrogens (tertiary/aromatic N) is 2. The number of aromatic nitrogens is 2. The van der Waals surface area contributed by atoms with Gasteiger partial charge in [-0.2, -0.15) is 0 Å². The molecule has 4 rings (SSSR count). The highest BCUT2D eigenvalue weighted by molar-refractivity contribution is 7.22. The number of amides is 1. The molecule has 2 aromatic carbocycles. The van der Waals surface area contributed by atoms with Gasteiger partial charge in [0.2, 0.25) is 5.91 Å². The summed E-state index contributed by atoms with van der Waals surface area (Å²) in [6.07, 6.45) is 4.20. The molecule has 2 aromatic heterocycles. The van der Waals surface area contributed by atoms with Crippen molar-refractivity contribution in [2.45, 2.75) is 6.42 Å². The van der Waals surface area contributed by atoms with Gasteiger partial charge in [-0.05, 0) is 48.0 Å². The van der Waals surface area contributed by atoms with E-state index in [1.807, 2.05) is 53.4 Å². The molecule has 0 saturated heterocycles. The molecule has 0 aliphatic carbocycles. The van der Waals surface area contributed by atoms with Gasteiger partial charge in [-0.1, -0.05) is 23.5 Å². The van der Waals surface area contributed by atoms with Crippen LogP contribution in [0.15, 0.2) is 67.0 Å². The minimum atomic E-state index is -0.309. The molecule has 0 spiro atoms. The van der Waals surface area contributed by atoms with Crippen LogP contribution in [0, 0.1) is 5.82 Å². The van der Waals surface area contributed by atoms with E-state index in [1.54, 1.807) is 6.07 Å². The van der Waals surface area contributed by atoms with Gasteiger partial charge < -0.3 is 9.88 Å². The summed E-state index contributed by atoms with van der Waals surface area (Å²) in [7, 11) is 0. The molecule has 1 N–H and O–H groups in total. The second-order valence-electron chi connectivity index (χ2n) is 5.61. The van der Waals surface area contributed by atoms with Gasteiger partial charge in [-0.3, -0.25) is 4.79 Å². The zero-order chi connectivity index (χ0) is 17.2. The highest BCUT2D eigenvalue weighted by atomic mass is 32.1. The monoisotopic (exact) mass is 351 g/mol. The van der Waals surface area contributed by atoms with Gasteiger partial charge >= 0.3 is 0 Å². The molecule has 1 amide bonds. The minimum Gasteiger partial charge on any atom is -0.324 e. The van der Waals surface area contributed by atoms with E-state index < -0.39 is 0 Å². The van der Waals surface area contributed by atoms with Crippen LogP contribution in [0.25, 0.3) is 15.9 Å². The summed E-state index contributed by atoms with van der Waals surface area (Å²) in [5.74, 6) is -0.454. The van der Waals surface area contributed by atoms with E-state index in [4.69, 9.17) is 0 Å². The Morgan fingerprint density at radius 2 is 1.88 bits per heavy atom. The van der Waals surface area contributed by atoms with Crippen LogP contribution >= 0.6 is 11.3 Å². The quantitative estimate of drug-likeness (QED) is 0.592. The molecule has 0 fully saturated rings. The molecule has 0 bridgehead atoms. The van der Waals surface area contributed by atoms with Crippen molar-refractivity contribution in [2.75, 3.05) is 5.32 Å². The average molecular weight is 351 g/mol. The van der Waals surface area contributed by atoms with Gasteiger partial charge in [0, 0.05) is 18.1 Å². The number of anilines is 1. The predicted molar refractivity (Wildman–Crippen MR) is 97.7 cm³/mol. The molecule has 4 aromatic rings. The Morgan fingerprint density at radius 3 is 2.64 bits per heavy atom. The predicted octanol–water partition coefficient (Wildman–Crippen LogP) is 4.41. The molecule has 0 radical (unpaired) electrons. The second-order valence-corrected chi connectivity index (χ2v) is 6.64. The van der Waals surface area contributed by atoms with Crippen LogP contribution in [-0.4, -0.2) is 15.5 Å². The fourth-order valence-corrected chi connectivity index (χ4v) is 3.50. The lowest BCUT2D eigenvalue weighted by molar-refractivity contribution is -0.115. The van der Waals surface area contributed by atoms with E-state index in [-0.39, 0.29) is 18.1 Å². The smallest absolute Gasteiger partial charge is 0.230 e. The highest BCUT2D eigenvalue weighted by Crippen LogP contribution is 2.26. The summed E-state index contributed by atoms with van der Waals surface area (Å²) in [5.41, 5.74) is 2.64. The lowest BCUT2D eigenvalue weighted by atomic mass is 10.1. The van der Waals surface area contributed by atoms with Gasteiger partial charge in [0.25, 0.3) is 0 Å². The first-order valence-corrected chi connectivity index (χ1v) is 8.57. The molecule has 4 nitrogen and oxygen atoms in total. The first-order valence-electron chi connectivity index (χ1n) is 7.76. The Morgan fingerprint density at radius 1 is 1.12 bits per heavy atom. The third kappa shape index (κ3) is 3.44. The Hall–Kier alpha value is -2.99. The van der Waals surface area contributed by atoms with Gasteiger partial charge in [0.1, 0.15) is 5.82 Å². The molecule has 25 heavy (non-hydrogen) atoms. The first-order chi connectivity index (χ1) is 12.2. The number of rotatable bonds is 4. The van der Waals surface area contributed by atoms with Crippen LogP contribution in [0.4, 0.5) is 9.52 Å². The van der Waals surface area contributed by atoms with Crippen LogP contribution in [0.1, 0.15) is 5.56 Å². The van der Waals surface area contributed by atoms with Crippen molar-refractivity contribution in [3.8, 4) is 5.69 Å². The summed E-state index contributed by atoms with van der Waals surface area (Å²) in [6.45, 7) is 0. The number of carbonyl (C=O) groups is 1. The maximum absolute atomic E-state index is 13.2. The number of fused-ring (bicyclic) bond motifs is 1. The summed E-state index contributed by atoms with van der Waals surface area (Å²) in [5, 5.41) is 3.26. The lowest BCUT2D eigenvalue weighted by Crippen LogP contribution is -2.14. The Balaban J connectivity index is 1.44. The molecule has 0 atom stereocenters. The van der Waals surface area contributed by atoms with Crippen molar-refractivity contribution in [1.82, 2.24) is 9.55 Å². The summed E-state index contributed by atoms with van der Waals surface area (Å²) in [6, 6.07) is 16.1. The fraction of sp³-hybridized carbons (Fsp3) is 0.0526. The molecule has 0 aliphatic rings. The number of thiazole rings is 1. The topological polar surface area (TPSA) is 46.9 Å². The van der Waals surface area contributed by atoms with Crippen LogP contribution in [0.2, 0.25) is 0 Å². The number of benzene rings is 2. The second kappa shape index (κ2) is 6.49. The molecular formula is C19H14FN3OS. The summed E-state index contributed by atoms with van der Waals surface area (Å²) >= 11 is 1.26. The van der Waals surface area contributed by atoms with E-state index >= 15 is 0 Å². The number of carbonyl (C=O) groups excluding carboxylic acids is 1. The Kier molecular flexibility index (Phi) is 4.03. The van der Waals surface area contributed by atoms with Crippen molar-refractivity contribution < 1.29 is 9.18 Å². The zero-order valence-electron chi connectivity index (χ0n) is 13.1. The van der Waals surface area contributed by atoms with Crippen LogP contribution in [0.5, 0.6) is 0 Å². The van der Waals surface area contributed by atoms with E-state index in [0.29, 0.717) is 15.3 Å². The molecule has 0 aliphatic heterocycles. The molecule has 6 heteroatoms. The Labute approximate surface area is 147 Å². The van der Waals surface area contributed by atoms with E-state index in [0.717, 1.165) is 11.3 Å². The fourth-order valence-electron chi connectivity index (χ4n) is 2.59. The van der Waals surface area contributed by atoms with E-state index in [1.165, 1.54) is 23.5 Å². The summed E-state index contributed by atoms with van der Waals surface area (Å²) < 4.78 is 15.9. The third-order valence-corrected chi connectivity index (χ3v) is 4.73. The van der Waals surface area contributed by atoms with E-state index in [9.17, 15) is 9.18 Å². The van der Waals surface area contributed by atoms with Crippen molar-refractivity contribution in [1.29, 1.82) is 0 Å². The average Bonchev–Trinajstić information content (AvgIpc) is 3.24. The normalized spacial score (nSPS) is 10.9. The first kappa shape index (κ1) is 15.5. The zero-order valence-corrected chi connectivity index (χ0v) is 14.0.